The Morgan fingerprint density at radius 1 is 1.22 bits per heavy atom. The quantitative estimate of drug-likeness (QED) is 0.708. The average molecular weight is 269 g/mol. The standard InChI is InChI=1S/C11H18F3NO3/c12-11(13,14)9-4-2-1-3-8(9)10(18)15-7(5-16)6-17/h7-9,16-17H,1-6H2,(H,15,18). The SMILES string of the molecule is O=C(NC(CO)CO)C1CCCCC1C(F)(F)F. The molecule has 0 aromatic carbocycles. The van der Waals surface area contributed by atoms with Crippen LogP contribution in [-0.2, 0) is 4.79 Å². The zero-order chi connectivity index (χ0) is 13.8. The van der Waals surface area contributed by atoms with Gasteiger partial charge < -0.3 is 15.5 Å². The molecule has 0 heterocycles. The molecule has 1 fully saturated rings. The van der Waals surface area contributed by atoms with Gasteiger partial charge >= 0.3 is 6.18 Å². The molecule has 2 unspecified atom stereocenters. The number of amides is 1. The van der Waals surface area contributed by atoms with Gasteiger partial charge in [-0.1, -0.05) is 12.8 Å². The first-order valence-electron chi connectivity index (χ1n) is 5.99. The average Bonchev–Trinajstić information content (AvgIpc) is 2.34. The number of halogens is 3. The van der Waals surface area contributed by atoms with E-state index in [-0.39, 0.29) is 12.8 Å². The van der Waals surface area contributed by atoms with Crippen molar-refractivity contribution >= 4 is 5.91 Å². The summed E-state index contributed by atoms with van der Waals surface area (Å²) in [7, 11) is 0. The molecule has 0 bridgehead atoms. The maximum absolute atomic E-state index is 12.8. The highest BCUT2D eigenvalue weighted by Crippen LogP contribution is 2.41. The van der Waals surface area contributed by atoms with Crippen molar-refractivity contribution < 1.29 is 28.2 Å². The molecule has 0 aromatic rings. The monoisotopic (exact) mass is 269 g/mol. The first-order chi connectivity index (χ1) is 8.40. The van der Waals surface area contributed by atoms with Crippen molar-refractivity contribution in [1.82, 2.24) is 5.32 Å². The zero-order valence-electron chi connectivity index (χ0n) is 9.91. The van der Waals surface area contributed by atoms with Gasteiger partial charge in [-0.15, -0.1) is 0 Å². The molecule has 4 nitrogen and oxygen atoms in total. The van der Waals surface area contributed by atoms with E-state index in [1.807, 2.05) is 0 Å². The summed E-state index contributed by atoms with van der Waals surface area (Å²) in [5.74, 6) is -3.46. The van der Waals surface area contributed by atoms with Crippen molar-refractivity contribution in [1.29, 1.82) is 0 Å². The lowest BCUT2D eigenvalue weighted by atomic mass is 9.78. The molecule has 2 atom stereocenters. The first-order valence-corrected chi connectivity index (χ1v) is 5.99. The fourth-order valence-electron chi connectivity index (χ4n) is 2.29. The second-order valence-corrected chi connectivity index (χ2v) is 4.61. The van der Waals surface area contributed by atoms with Crippen LogP contribution in [0.25, 0.3) is 0 Å². The van der Waals surface area contributed by atoms with Crippen LogP contribution >= 0.6 is 0 Å². The van der Waals surface area contributed by atoms with Crippen LogP contribution < -0.4 is 5.32 Å². The molecular formula is C11H18F3NO3. The Kier molecular flexibility index (Phi) is 5.40. The molecule has 0 spiro atoms. The molecule has 0 radical (unpaired) electrons. The smallest absolute Gasteiger partial charge is 0.392 e. The Morgan fingerprint density at radius 2 is 1.78 bits per heavy atom. The second-order valence-electron chi connectivity index (χ2n) is 4.61. The van der Waals surface area contributed by atoms with Crippen LogP contribution in [0.3, 0.4) is 0 Å². The normalized spacial score (nSPS) is 25.2. The predicted molar refractivity (Wildman–Crippen MR) is 57.6 cm³/mol. The minimum Gasteiger partial charge on any atom is -0.394 e. The largest absolute Gasteiger partial charge is 0.394 e. The molecule has 1 rings (SSSR count). The van der Waals surface area contributed by atoms with Crippen LogP contribution in [0.2, 0.25) is 0 Å². The van der Waals surface area contributed by atoms with Gasteiger partial charge in [-0.05, 0) is 12.8 Å². The fraction of sp³-hybridized carbons (Fsp3) is 0.909. The van der Waals surface area contributed by atoms with Crippen LogP contribution in [0.5, 0.6) is 0 Å². The molecule has 3 N–H and O–H groups in total. The Labute approximate surface area is 103 Å². The molecule has 106 valence electrons. The van der Waals surface area contributed by atoms with E-state index in [0.29, 0.717) is 12.8 Å². The Morgan fingerprint density at radius 3 is 2.28 bits per heavy atom. The Balaban J connectivity index is 2.68. The van der Waals surface area contributed by atoms with E-state index in [1.54, 1.807) is 0 Å². The highest BCUT2D eigenvalue weighted by atomic mass is 19.4. The van der Waals surface area contributed by atoms with E-state index in [9.17, 15) is 18.0 Å². The van der Waals surface area contributed by atoms with E-state index >= 15 is 0 Å². The highest BCUT2D eigenvalue weighted by Gasteiger charge is 2.48. The lowest BCUT2D eigenvalue weighted by Crippen LogP contribution is -2.48. The van der Waals surface area contributed by atoms with Crippen LogP contribution in [0.1, 0.15) is 25.7 Å². The van der Waals surface area contributed by atoms with Gasteiger partial charge in [-0.25, -0.2) is 0 Å². The molecular weight excluding hydrogens is 251 g/mol. The summed E-state index contributed by atoms with van der Waals surface area (Å²) in [6.45, 7) is -0.989. The second kappa shape index (κ2) is 6.38. The third kappa shape index (κ3) is 3.84. The van der Waals surface area contributed by atoms with Gasteiger partial charge in [-0.2, -0.15) is 13.2 Å². The third-order valence-corrected chi connectivity index (χ3v) is 3.31. The predicted octanol–water partition coefficient (Wildman–Crippen LogP) is 0.824. The highest BCUT2D eigenvalue weighted by molar-refractivity contribution is 5.79. The number of hydrogen-bond acceptors (Lipinski definition) is 3. The van der Waals surface area contributed by atoms with E-state index in [2.05, 4.69) is 5.32 Å². The minimum absolute atomic E-state index is 0.0372. The number of rotatable bonds is 4. The molecule has 1 amide bonds. The van der Waals surface area contributed by atoms with Gasteiger partial charge in [0.1, 0.15) is 0 Å². The number of carbonyl (C=O) groups excluding carboxylic acids is 1. The first kappa shape index (κ1) is 15.2. The maximum atomic E-state index is 12.8. The van der Waals surface area contributed by atoms with Gasteiger partial charge in [0.05, 0.1) is 25.2 Å². The Hall–Kier alpha value is -0.820. The van der Waals surface area contributed by atoms with Gasteiger partial charge in [0.25, 0.3) is 0 Å². The van der Waals surface area contributed by atoms with Crippen LogP contribution in [0.15, 0.2) is 0 Å². The van der Waals surface area contributed by atoms with E-state index < -0.39 is 43.2 Å². The van der Waals surface area contributed by atoms with E-state index in [4.69, 9.17) is 10.2 Å². The van der Waals surface area contributed by atoms with Crippen molar-refractivity contribution in [3.05, 3.63) is 0 Å². The molecule has 0 aromatic heterocycles. The fourth-order valence-corrected chi connectivity index (χ4v) is 2.29. The van der Waals surface area contributed by atoms with Crippen molar-refractivity contribution in [2.45, 2.75) is 37.9 Å². The number of carbonyl (C=O) groups is 1. The van der Waals surface area contributed by atoms with Gasteiger partial charge in [0, 0.05) is 5.92 Å². The molecule has 1 aliphatic rings. The lowest BCUT2D eigenvalue weighted by molar-refractivity contribution is -0.198. The van der Waals surface area contributed by atoms with Crippen molar-refractivity contribution in [2.75, 3.05) is 13.2 Å². The van der Waals surface area contributed by atoms with Gasteiger partial charge in [0.15, 0.2) is 0 Å². The van der Waals surface area contributed by atoms with Crippen molar-refractivity contribution in [3.63, 3.8) is 0 Å². The molecule has 0 aliphatic heterocycles. The molecule has 1 saturated carbocycles. The van der Waals surface area contributed by atoms with E-state index in [1.165, 1.54) is 0 Å². The summed E-state index contributed by atoms with van der Waals surface area (Å²) in [5, 5.41) is 19.9. The molecule has 0 saturated heterocycles. The number of nitrogens with one attached hydrogen (secondary N) is 1. The zero-order valence-corrected chi connectivity index (χ0v) is 9.91. The summed E-state index contributed by atoms with van der Waals surface area (Å²) in [5.41, 5.74) is 0. The Bertz CT molecular complexity index is 279. The molecule has 18 heavy (non-hydrogen) atoms. The van der Waals surface area contributed by atoms with Crippen molar-refractivity contribution in [2.24, 2.45) is 11.8 Å². The lowest BCUT2D eigenvalue weighted by Gasteiger charge is -2.32. The van der Waals surface area contributed by atoms with Crippen LogP contribution in [0.4, 0.5) is 13.2 Å². The summed E-state index contributed by atoms with van der Waals surface area (Å²) in [4.78, 5) is 11.8. The minimum atomic E-state index is -4.38. The number of aliphatic hydroxyl groups excluding tert-OH is 2. The van der Waals surface area contributed by atoms with Gasteiger partial charge in [0.2, 0.25) is 5.91 Å². The topological polar surface area (TPSA) is 69.6 Å². The summed E-state index contributed by atoms with van der Waals surface area (Å²) in [6, 6.07) is -0.895. The summed E-state index contributed by atoms with van der Waals surface area (Å²) in [6.07, 6.45) is -3.16. The third-order valence-electron chi connectivity index (χ3n) is 3.31. The summed E-state index contributed by atoms with van der Waals surface area (Å²) >= 11 is 0. The number of hydrogen-bond donors (Lipinski definition) is 3. The van der Waals surface area contributed by atoms with Crippen molar-refractivity contribution in [3.8, 4) is 0 Å². The molecule has 7 heteroatoms. The van der Waals surface area contributed by atoms with Crippen LogP contribution in [0, 0.1) is 11.8 Å². The van der Waals surface area contributed by atoms with Crippen LogP contribution in [-0.4, -0.2) is 41.6 Å². The molecule has 1 aliphatic carbocycles. The maximum Gasteiger partial charge on any atom is 0.392 e. The van der Waals surface area contributed by atoms with Gasteiger partial charge in [-0.3, -0.25) is 4.79 Å². The summed E-state index contributed by atoms with van der Waals surface area (Å²) < 4.78 is 38.3. The number of alkyl halides is 3. The number of aliphatic hydroxyl groups is 2. The van der Waals surface area contributed by atoms with E-state index in [0.717, 1.165) is 0 Å².